The minimum absolute atomic E-state index is 0.221. The number of nitriles is 1. The average Bonchev–Trinajstić information content (AvgIpc) is 2.27. The Morgan fingerprint density at radius 3 is 2.80 bits per heavy atom. The molecule has 3 N–H and O–H groups in total. The molecule has 0 rings (SSSR count). The highest BCUT2D eigenvalue weighted by molar-refractivity contribution is 6.46. The molecule has 0 bridgehead atoms. The van der Waals surface area contributed by atoms with Crippen LogP contribution in [0.5, 0.6) is 0 Å². The maximum atomic E-state index is 8.55. The van der Waals surface area contributed by atoms with Crippen molar-refractivity contribution in [3.05, 3.63) is 0 Å². The molecule has 0 aliphatic rings. The molecule has 0 fully saturated rings. The van der Waals surface area contributed by atoms with Gasteiger partial charge in [-0.3, -0.25) is 0 Å². The van der Waals surface area contributed by atoms with E-state index in [1.165, 1.54) is 0 Å². The molecule has 6 nitrogen and oxygen atoms in total. The maximum absolute atomic E-state index is 8.55. The Morgan fingerprint density at radius 1 is 1.67 bits per heavy atom. The summed E-state index contributed by atoms with van der Waals surface area (Å²) in [5.74, 6) is 0.204. The van der Waals surface area contributed by atoms with Crippen molar-refractivity contribution in [2.45, 2.75) is 26.7 Å². The van der Waals surface area contributed by atoms with Crippen LogP contribution in [0.3, 0.4) is 0 Å². The molecule has 0 saturated heterocycles. The van der Waals surface area contributed by atoms with Crippen LogP contribution in [-0.4, -0.2) is 23.4 Å². The van der Waals surface area contributed by atoms with Gasteiger partial charge in [-0.25, -0.2) is 0 Å². The number of hydrogen-bond acceptors (Lipinski definition) is 5. The Bertz CT molecular complexity index is 280. The largest absolute Gasteiger partial charge is 0.409 e. The summed E-state index contributed by atoms with van der Waals surface area (Å²) in [6.07, 6.45) is 1.92. The van der Waals surface area contributed by atoms with Gasteiger partial charge < -0.3 is 15.8 Å². The fourth-order valence-corrected chi connectivity index (χ4v) is 0.740. The highest BCUT2D eigenvalue weighted by Crippen LogP contribution is 2.05. The molecule has 0 aliphatic carbocycles. The zero-order chi connectivity index (χ0) is 11.7. The van der Waals surface area contributed by atoms with Gasteiger partial charge in [-0.2, -0.15) is 5.26 Å². The first kappa shape index (κ1) is 13.2. The summed E-state index contributed by atoms with van der Waals surface area (Å²) in [6, 6.07) is 1.66. The molecule has 0 aliphatic heterocycles. The van der Waals surface area contributed by atoms with Crippen LogP contribution in [0.2, 0.25) is 0 Å². The summed E-state index contributed by atoms with van der Waals surface area (Å²) in [7, 11) is 0. The third-order valence-corrected chi connectivity index (χ3v) is 2.01. The first-order valence-corrected chi connectivity index (χ1v) is 4.73. The summed E-state index contributed by atoms with van der Waals surface area (Å²) >= 11 is 0. The van der Waals surface area contributed by atoms with E-state index in [2.05, 4.69) is 24.2 Å². The molecule has 15 heavy (non-hydrogen) atoms. The van der Waals surface area contributed by atoms with Crippen molar-refractivity contribution >= 4 is 11.5 Å². The van der Waals surface area contributed by atoms with Gasteiger partial charge in [-0.1, -0.05) is 30.6 Å². The summed E-state index contributed by atoms with van der Waals surface area (Å²) in [5.41, 5.74) is 4.94. The minimum atomic E-state index is -0.346. The Morgan fingerprint density at radius 2 is 2.33 bits per heavy atom. The van der Waals surface area contributed by atoms with Gasteiger partial charge in [0.25, 0.3) is 0 Å². The fourth-order valence-electron chi connectivity index (χ4n) is 0.740. The van der Waals surface area contributed by atoms with Crippen LogP contribution >= 0.6 is 0 Å². The third-order valence-electron chi connectivity index (χ3n) is 2.01. The SMILES string of the molecule is CCC(C)CCON=C(C#N)C(N)=NO. The number of nitrogens with two attached hydrogens (primary N) is 1. The number of hydrogen-bond donors (Lipinski definition) is 2. The zero-order valence-electron chi connectivity index (χ0n) is 8.97. The van der Waals surface area contributed by atoms with Crippen molar-refractivity contribution in [3.63, 3.8) is 0 Å². The average molecular weight is 212 g/mol. The maximum Gasteiger partial charge on any atom is 0.224 e. The fraction of sp³-hybridized carbons (Fsp3) is 0.667. The second-order valence-corrected chi connectivity index (χ2v) is 3.17. The lowest BCUT2D eigenvalue weighted by Gasteiger charge is -2.05. The van der Waals surface area contributed by atoms with E-state index in [4.69, 9.17) is 21.0 Å². The van der Waals surface area contributed by atoms with Crippen molar-refractivity contribution in [1.29, 1.82) is 5.26 Å². The van der Waals surface area contributed by atoms with Crippen molar-refractivity contribution < 1.29 is 10.0 Å². The topological polar surface area (TPSA) is 104 Å². The molecule has 0 spiro atoms. The summed E-state index contributed by atoms with van der Waals surface area (Å²) in [5, 5.41) is 23.0. The summed E-state index contributed by atoms with van der Waals surface area (Å²) in [4.78, 5) is 4.88. The smallest absolute Gasteiger partial charge is 0.224 e. The molecular formula is C9H16N4O2. The van der Waals surface area contributed by atoms with Crippen LogP contribution in [0.15, 0.2) is 10.3 Å². The van der Waals surface area contributed by atoms with E-state index < -0.39 is 0 Å². The van der Waals surface area contributed by atoms with Crippen LogP contribution in [-0.2, 0) is 4.84 Å². The molecular weight excluding hydrogens is 196 g/mol. The number of rotatable bonds is 6. The minimum Gasteiger partial charge on any atom is -0.409 e. The van der Waals surface area contributed by atoms with E-state index in [-0.39, 0.29) is 11.5 Å². The van der Waals surface area contributed by atoms with E-state index in [1.54, 1.807) is 6.07 Å². The van der Waals surface area contributed by atoms with Gasteiger partial charge in [-0.15, -0.1) is 0 Å². The van der Waals surface area contributed by atoms with E-state index in [0.29, 0.717) is 12.5 Å². The van der Waals surface area contributed by atoms with Gasteiger partial charge in [0, 0.05) is 0 Å². The first-order chi connectivity index (χ1) is 7.15. The Hall–Kier alpha value is -1.77. The molecule has 0 aromatic carbocycles. The number of nitrogens with zero attached hydrogens (tertiary/aromatic N) is 3. The van der Waals surface area contributed by atoms with Crippen molar-refractivity contribution in [3.8, 4) is 6.07 Å². The molecule has 6 heteroatoms. The highest BCUT2D eigenvalue weighted by Gasteiger charge is 2.05. The number of oxime groups is 2. The molecule has 0 heterocycles. The molecule has 84 valence electrons. The van der Waals surface area contributed by atoms with E-state index in [1.807, 2.05) is 0 Å². The normalized spacial score (nSPS) is 14.5. The van der Waals surface area contributed by atoms with Gasteiger partial charge in [-0.05, 0) is 12.3 Å². The predicted octanol–water partition coefficient (Wildman–Crippen LogP) is 1.07. The van der Waals surface area contributed by atoms with Crippen LogP contribution < -0.4 is 5.73 Å². The third kappa shape index (κ3) is 5.52. The lowest BCUT2D eigenvalue weighted by Crippen LogP contribution is -2.22. The molecule has 1 atom stereocenters. The second kappa shape index (κ2) is 7.62. The lowest BCUT2D eigenvalue weighted by molar-refractivity contribution is 0.131. The monoisotopic (exact) mass is 212 g/mol. The Labute approximate surface area is 89.0 Å². The molecule has 0 saturated carbocycles. The second-order valence-electron chi connectivity index (χ2n) is 3.17. The van der Waals surface area contributed by atoms with Crippen LogP contribution in [0.1, 0.15) is 26.7 Å². The van der Waals surface area contributed by atoms with E-state index in [0.717, 1.165) is 12.8 Å². The molecule has 0 amide bonds. The summed E-state index contributed by atoms with van der Waals surface area (Å²) in [6.45, 7) is 4.60. The van der Waals surface area contributed by atoms with Gasteiger partial charge in [0.05, 0.1) is 0 Å². The zero-order valence-corrected chi connectivity index (χ0v) is 8.97. The molecule has 0 aromatic rings. The van der Waals surface area contributed by atoms with Gasteiger partial charge in [0.2, 0.25) is 11.5 Å². The van der Waals surface area contributed by atoms with E-state index in [9.17, 15) is 0 Å². The highest BCUT2D eigenvalue weighted by atomic mass is 16.6. The van der Waals surface area contributed by atoms with E-state index >= 15 is 0 Å². The predicted molar refractivity (Wildman–Crippen MR) is 56.5 cm³/mol. The lowest BCUT2D eigenvalue weighted by atomic mass is 10.1. The standard InChI is InChI=1S/C9H16N4O2/c1-3-7(2)4-5-15-13-8(6-10)9(11)12-14/h7,14H,3-5H2,1-2H3,(H2,11,12). The quantitative estimate of drug-likeness (QED) is 0.226. The van der Waals surface area contributed by atoms with Gasteiger partial charge in [0.15, 0.2) is 0 Å². The van der Waals surface area contributed by atoms with Crippen LogP contribution in [0, 0.1) is 17.2 Å². The Kier molecular flexibility index (Phi) is 6.72. The molecule has 0 radical (unpaired) electrons. The van der Waals surface area contributed by atoms with Crippen molar-refractivity contribution in [2.75, 3.05) is 6.61 Å². The Balaban J connectivity index is 4.00. The molecule has 0 aromatic heterocycles. The van der Waals surface area contributed by atoms with Crippen molar-refractivity contribution in [1.82, 2.24) is 0 Å². The van der Waals surface area contributed by atoms with Crippen LogP contribution in [0.4, 0.5) is 0 Å². The van der Waals surface area contributed by atoms with Gasteiger partial charge in [0.1, 0.15) is 12.7 Å². The molecule has 1 unspecified atom stereocenters. The van der Waals surface area contributed by atoms with Gasteiger partial charge >= 0.3 is 0 Å². The van der Waals surface area contributed by atoms with Crippen molar-refractivity contribution in [2.24, 2.45) is 22.0 Å². The van der Waals surface area contributed by atoms with Crippen LogP contribution in [0.25, 0.3) is 0 Å². The first-order valence-electron chi connectivity index (χ1n) is 4.73. The number of amidine groups is 1. The summed E-state index contributed by atoms with van der Waals surface area (Å²) < 4.78 is 0.